The summed E-state index contributed by atoms with van der Waals surface area (Å²) in [5, 5.41) is 6.62. The summed E-state index contributed by atoms with van der Waals surface area (Å²) < 4.78 is 0. The molecule has 0 saturated carbocycles. The predicted octanol–water partition coefficient (Wildman–Crippen LogP) is 2.25. The minimum Gasteiger partial charge on any atom is -0.355 e. The second kappa shape index (κ2) is 8.74. The molecule has 1 unspecified atom stereocenters. The summed E-state index contributed by atoms with van der Waals surface area (Å²) in [5.41, 5.74) is 0.177. The fourth-order valence-electron chi connectivity index (χ4n) is 2.67. The Hall–Kier alpha value is -0.610. The Morgan fingerprint density at radius 3 is 2.67 bits per heavy atom. The largest absolute Gasteiger partial charge is 0.355 e. The van der Waals surface area contributed by atoms with E-state index in [0.717, 1.165) is 32.6 Å². The third kappa shape index (κ3) is 9.10. The van der Waals surface area contributed by atoms with Crippen molar-refractivity contribution in [1.82, 2.24) is 15.5 Å². The van der Waals surface area contributed by atoms with Crippen molar-refractivity contribution in [2.45, 2.75) is 59.4 Å². The van der Waals surface area contributed by atoms with Crippen LogP contribution in [0.4, 0.5) is 0 Å². The lowest BCUT2D eigenvalue weighted by Gasteiger charge is -2.34. The lowest BCUT2D eigenvalue weighted by atomic mass is 9.96. The number of carbonyl (C=O) groups is 1. The van der Waals surface area contributed by atoms with Crippen molar-refractivity contribution in [2.75, 3.05) is 32.7 Å². The molecule has 4 heteroatoms. The molecule has 1 rings (SSSR count). The molecule has 0 aromatic carbocycles. The van der Waals surface area contributed by atoms with E-state index in [1.54, 1.807) is 0 Å². The van der Waals surface area contributed by atoms with Gasteiger partial charge < -0.3 is 10.6 Å². The Labute approximate surface area is 131 Å². The highest BCUT2D eigenvalue weighted by Gasteiger charge is 2.22. The minimum atomic E-state index is 0.177. The summed E-state index contributed by atoms with van der Waals surface area (Å²) in [6.45, 7) is 15.5. The maximum absolute atomic E-state index is 11.9. The zero-order valence-corrected chi connectivity index (χ0v) is 14.7. The molecule has 0 bridgehead atoms. The molecule has 1 aliphatic heterocycles. The van der Waals surface area contributed by atoms with Crippen LogP contribution in [0.25, 0.3) is 0 Å². The summed E-state index contributed by atoms with van der Waals surface area (Å²) in [5.74, 6) is 1.50. The van der Waals surface area contributed by atoms with Crippen LogP contribution in [0.2, 0.25) is 0 Å². The zero-order chi connectivity index (χ0) is 15.9. The van der Waals surface area contributed by atoms with Crippen LogP contribution < -0.4 is 10.6 Å². The molecule has 4 nitrogen and oxygen atoms in total. The third-order valence-corrected chi connectivity index (χ3v) is 3.94. The van der Waals surface area contributed by atoms with Gasteiger partial charge in [0.25, 0.3) is 0 Å². The summed E-state index contributed by atoms with van der Waals surface area (Å²) in [6.07, 6.45) is 3.54. The van der Waals surface area contributed by atoms with Gasteiger partial charge in [0.05, 0.1) is 6.54 Å². The number of amides is 1. The van der Waals surface area contributed by atoms with Gasteiger partial charge in [0.1, 0.15) is 0 Å². The van der Waals surface area contributed by atoms with Crippen LogP contribution in [-0.2, 0) is 4.79 Å². The van der Waals surface area contributed by atoms with Crippen molar-refractivity contribution in [3.05, 3.63) is 0 Å². The van der Waals surface area contributed by atoms with Gasteiger partial charge in [-0.1, -0.05) is 13.8 Å². The van der Waals surface area contributed by atoms with Crippen molar-refractivity contribution in [3.8, 4) is 0 Å². The van der Waals surface area contributed by atoms with Crippen LogP contribution in [0.1, 0.15) is 53.9 Å². The van der Waals surface area contributed by atoms with E-state index in [4.69, 9.17) is 0 Å². The molecule has 124 valence electrons. The molecule has 0 aromatic heterocycles. The predicted molar refractivity (Wildman–Crippen MR) is 89.4 cm³/mol. The second-order valence-corrected chi connectivity index (χ2v) is 7.91. The highest BCUT2D eigenvalue weighted by atomic mass is 16.2. The lowest BCUT2D eigenvalue weighted by molar-refractivity contribution is -0.122. The van der Waals surface area contributed by atoms with Gasteiger partial charge in [-0.05, 0) is 65.0 Å². The normalized spacial score (nSPS) is 20.8. The van der Waals surface area contributed by atoms with E-state index in [-0.39, 0.29) is 11.4 Å². The molecule has 0 spiro atoms. The van der Waals surface area contributed by atoms with Gasteiger partial charge >= 0.3 is 0 Å². The maximum Gasteiger partial charge on any atom is 0.234 e. The Bertz CT molecular complexity index is 310. The third-order valence-electron chi connectivity index (χ3n) is 3.94. The fourth-order valence-corrected chi connectivity index (χ4v) is 2.67. The van der Waals surface area contributed by atoms with E-state index in [1.807, 2.05) is 0 Å². The molecule has 2 N–H and O–H groups in total. The van der Waals surface area contributed by atoms with Crippen LogP contribution in [0.15, 0.2) is 0 Å². The standard InChI is InChI=1S/C17H35N3O/c1-14(2)8-9-18-16(21)13-20-10-6-7-15(12-20)11-19-17(3,4)5/h14-15,19H,6-13H2,1-5H3,(H,18,21). The van der Waals surface area contributed by atoms with Crippen LogP contribution in [0.5, 0.6) is 0 Å². The number of likely N-dealkylation sites (tertiary alicyclic amines) is 1. The first kappa shape index (κ1) is 18.4. The number of hydrogen-bond donors (Lipinski definition) is 2. The van der Waals surface area contributed by atoms with Crippen LogP contribution in [-0.4, -0.2) is 49.1 Å². The Kier molecular flexibility index (Phi) is 7.67. The summed E-state index contributed by atoms with van der Waals surface area (Å²) in [7, 11) is 0. The quantitative estimate of drug-likeness (QED) is 0.757. The average Bonchev–Trinajstić information content (AvgIpc) is 2.35. The van der Waals surface area contributed by atoms with E-state index in [9.17, 15) is 4.79 Å². The molecule has 0 radical (unpaired) electrons. The van der Waals surface area contributed by atoms with Crippen molar-refractivity contribution in [2.24, 2.45) is 11.8 Å². The topological polar surface area (TPSA) is 44.4 Å². The monoisotopic (exact) mass is 297 g/mol. The molecule has 1 aliphatic rings. The number of piperidine rings is 1. The average molecular weight is 297 g/mol. The molecule has 1 amide bonds. The fraction of sp³-hybridized carbons (Fsp3) is 0.941. The van der Waals surface area contributed by atoms with Crippen molar-refractivity contribution >= 4 is 5.91 Å². The van der Waals surface area contributed by atoms with Crippen molar-refractivity contribution in [1.29, 1.82) is 0 Å². The summed E-state index contributed by atoms with van der Waals surface area (Å²) in [6, 6.07) is 0. The highest BCUT2D eigenvalue weighted by Crippen LogP contribution is 2.16. The molecule has 1 atom stereocenters. The molecule has 21 heavy (non-hydrogen) atoms. The van der Waals surface area contributed by atoms with Gasteiger partial charge in [-0.15, -0.1) is 0 Å². The first-order valence-electron chi connectivity index (χ1n) is 8.50. The molecule has 0 aliphatic carbocycles. The van der Waals surface area contributed by atoms with Crippen LogP contribution in [0.3, 0.4) is 0 Å². The van der Waals surface area contributed by atoms with Gasteiger partial charge in [0.2, 0.25) is 5.91 Å². The van der Waals surface area contributed by atoms with Gasteiger partial charge in [-0.3, -0.25) is 9.69 Å². The van der Waals surface area contributed by atoms with Crippen molar-refractivity contribution < 1.29 is 4.79 Å². The minimum absolute atomic E-state index is 0.177. The molecular formula is C17H35N3O. The molecule has 1 heterocycles. The van der Waals surface area contributed by atoms with Gasteiger partial charge in [-0.2, -0.15) is 0 Å². The van der Waals surface area contributed by atoms with Crippen LogP contribution >= 0.6 is 0 Å². The number of rotatable bonds is 7. The first-order valence-corrected chi connectivity index (χ1v) is 8.50. The maximum atomic E-state index is 11.9. The number of nitrogens with one attached hydrogen (secondary N) is 2. The molecule has 1 saturated heterocycles. The van der Waals surface area contributed by atoms with Gasteiger partial charge in [-0.25, -0.2) is 0 Å². The lowest BCUT2D eigenvalue weighted by Crippen LogP contribution is -2.47. The Balaban J connectivity index is 2.24. The van der Waals surface area contributed by atoms with Crippen molar-refractivity contribution in [3.63, 3.8) is 0 Å². The van der Waals surface area contributed by atoms with E-state index in [2.05, 4.69) is 50.2 Å². The molecule has 0 aromatic rings. The van der Waals surface area contributed by atoms with Crippen LogP contribution in [0, 0.1) is 11.8 Å². The summed E-state index contributed by atoms with van der Waals surface area (Å²) in [4.78, 5) is 14.3. The van der Waals surface area contributed by atoms with Gasteiger partial charge in [0.15, 0.2) is 0 Å². The molecular weight excluding hydrogens is 262 g/mol. The smallest absolute Gasteiger partial charge is 0.234 e. The molecule has 1 fully saturated rings. The van der Waals surface area contributed by atoms with Gasteiger partial charge in [0, 0.05) is 18.6 Å². The number of hydrogen-bond acceptors (Lipinski definition) is 3. The Morgan fingerprint density at radius 2 is 2.05 bits per heavy atom. The van der Waals surface area contributed by atoms with E-state index in [0.29, 0.717) is 18.4 Å². The number of nitrogens with zero attached hydrogens (tertiary/aromatic N) is 1. The van der Waals surface area contributed by atoms with E-state index < -0.39 is 0 Å². The SMILES string of the molecule is CC(C)CCNC(=O)CN1CCCC(CNC(C)(C)C)C1. The van der Waals surface area contributed by atoms with E-state index in [1.165, 1.54) is 12.8 Å². The second-order valence-electron chi connectivity index (χ2n) is 7.91. The first-order chi connectivity index (χ1) is 9.76. The number of carbonyl (C=O) groups excluding carboxylic acids is 1. The van der Waals surface area contributed by atoms with E-state index >= 15 is 0 Å². The summed E-state index contributed by atoms with van der Waals surface area (Å²) >= 11 is 0. The Morgan fingerprint density at radius 1 is 1.33 bits per heavy atom. The zero-order valence-electron chi connectivity index (χ0n) is 14.7. The highest BCUT2D eigenvalue weighted by molar-refractivity contribution is 5.77.